The number of aromatic nitrogens is 3. The minimum absolute atomic E-state index is 0.100. The van der Waals surface area contributed by atoms with Crippen molar-refractivity contribution in [1.82, 2.24) is 24.8 Å². The van der Waals surface area contributed by atoms with E-state index in [-0.39, 0.29) is 41.5 Å². The Morgan fingerprint density at radius 3 is 2.48 bits per heavy atom. The molecule has 48 heavy (non-hydrogen) atoms. The fourth-order valence-corrected chi connectivity index (χ4v) is 7.82. The first-order chi connectivity index (χ1) is 22.6. The van der Waals surface area contributed by atoms with Gasteiger partial charge in [-0.05, 0) is 77.3 Å². The molecule has 4 saturated heterocycles. The number of halogens is 5. The van der Waals surface area contributed by atoms with Crippen LogP contribution in [0, 0.1) is 5.82 Å². The Balaban J connectivity index is 1.28. The zero-order valence-corrected chi connectivity index (χ0v) is 27.0. The van der Waals surface area contributed by atoms with E-state index in [4.69, 9.17) is 20.2 Å². The van der Waals surface area contributed by atoms with Crippen molar-refractivity contribution in [3.63, 3.8) is 0 Å². The van der Waals surface area contributed by atoms with Crippen molar-refractivity contribution in [2.75, 3.05) is 43.4 Å². The maximum absolute atomic E-state index is 16.5. The second kappa shape index (κ2) is 11.6. The Morgan fingerprint density at radius 1 is 1.06 bits per heavy atom. The van der Waals surface area contributed by atoms with Crippen molar-refractivity contribution in [2.24, 2.45) is 0 Å². The van der Waals surface area contributed by atoms with Crippen LogP contribution in [0.15, 0.2) is 24.3 Å². The highest BCUT2D eigenvalue weighted by atomic mass is 19.4. The van der Waals surface area contributed by atoms with Crippen molar-refractivity contribution < 1.29 is 36.2 Å². The highest BCUT2D eigenvalue weighted by molar-refractivity contribution is 5.93. The maximum Gasteiger partial charge on any atom is 0.416 e. The number of piperazine rings is 1. The molecular formula is C33H38F5N7O3. The van der Waals surface area contributed by atoms with Gasteiger partial charge >= 0.3 is 18.3 Å². The predicted molar refractivity (Wildman–Crippen MR) is 168 cm³/mol. The van der Waals surface area contributed by atoms with Gasteiger partial charge in [0.15, 0.2) is 5.82 Å². The highest BCUT2D eigenvalue weighted by Crippen LogP contribution is 2.42. The molecule has 1 aromatic carbocycles. The summed E-state index contributed by atoms with van der Waals surface area (Å²) in [6, 6.07) is 3.84. The summed E-state index contributed by atoms with van der Waals surface area (Å²) in [5, 5.41) is 0.319. The van der Waals surface area contributed by atoms with Crippen LogP contribution in [0.2, 0.25) is 0 Å². The third-order valence-electron chi connectivity index (χ3n) is 9.83. The van der Waals surface area contributed by atoms with Gasteiger partial charge in [-0.2, -0.15) is 23.1 Å². The monoisotopic (exact) mass is 675 g/mol. The number of rotatable bonds is 5. The number of carbonyl (C=O) groups is 1. The van der Waals surface area contributed by atoms with E-state index in [0.717, 1.165) is 38.3 Å². The Morgan fingerprint density at radius 2 is 1.79 bits per heavy atom. The molecule has 0 aliphatic carbocycles. The van der Waals surface area contributed by atoms with Crippen LogP contribution >= 0.6 is 0 Å². The van der Waals surface area contributed by atoms with Crippen LogP contribution in [0.4, 0.5) is 38.4 Å². The van der Waals surface area contributed by atoms with Crippen LogP contribution in [-0.4, -0.2) is 93.0 Å². The van der Waals surface area contributed by atoms with E-state index in [1.54, 1.807) is 11.0 Å². The van der Waals surface area contributed by atoms with Gasteiger partial charge in [0, 0.05) is 37.0 Å². The van der Waals surface area contributed by atoms with E-state index in [1.165, 1.54) is 6.07 Å². The molecule has 0 radical (unpaired) electrons. The third kappa shape index (κ3) is 5.94. The number of ether oxygens (including phenoxy) is 2. The lowest BCUT2D eigenvalue weighted by atomic mass is 9.95. The molecule has 4 aliphatic rings. The van der Waals surface area contributed by atoms with Crippen molar-refractivity contribution in [3.05, 3.63) is 35.6 Å². The third-order valence-corrected chi connectivity index (χ3v) is 9.83. The molecule has 4 aliphatic heterocycles. The van der Waals surface area contributed by atoms with Gasteiger partial charge in [0.1, 0.15) is 35.5 Å². The maximum atomic E-state index is 16.5. The zero-order valence-electron chi connectivity index (χ0n) is 27.0. The molecule has 0 unspecified atom stereocenters. The lowest BCUT2D eigenvalue weighted by Gasteiger charge is -2.42. The minimum atomic E-state index is -4.72. The van der Waals surface area contributed by atoms with Crippen molar-refractivity contribution in [2.45, 2.75) is 88.4 Å². The Labute approximate surface area is 274 Å². The van der Waals surface area contributed by atoms with Crippen LogP contribution in [-0.2, 0) is 10.9 Å². The second-order valence-electron chi connectivity index (χ2n) is 14.4. The molecule has 2 aromatic heterocycles. The molecule has 4 atom stereocenters. The van der Waals surface area contributed by atoms with Gasteiger partial charge in [0.2, 0.25) is 0 Å². The summed E-state index contributed by atoms with van der Waals surface area (Å²) < 4.78 is 83.6. The number of nitrogen functional groups attached to an aromatic ring is 1. The molecule has 7 rings (SSSR count). The SMILES string of the molecule is CC(C)(C)OC(=O)N1[C@@H]2CC[C@H]1CN(c1nc(OC[C@@]34CCCN3C[C@H](F)C4)nc3c(F)c(-c4cc(C(F)(F)F)cc(N)n4)ccc13)C2. The van der Waals surface area contributed by atoms with E-state index in [0.29, 0.717) is 43.3 Å². The minimum Gasteiger partial charge on any atom is -0.461 e. The lowest BCUT2D eigenvalue weighted by Crippen LogP contribution is -2.57. The molecule has 0 saturated carbocycles. The average Bonchev–Trinajstić information content (AvgIpc) is 3.61. The molecule has 258 valence electrons. The van der Waals surface area contributed by atoms with E-state index >= 15 is 4.39 Å². The number of hydrogen-bond donors (Lipinski definition) is 1. The van der Waals surface area contributed by atoms with Gasteiger partial charge in [-0.3, -0.25) is 9.80 Å². The molecule has 10 nitrogen and oxygen atoms in total. The van der Waals surface area contributed by atoms with Gasteiger partial charge in [0.25, 0.3) is 0 Å². The standard InChI is InChI=1S/C33H38F5N7O3/c1-31(2,3)48-30(46)45-20-5-6-21(45)16-43(15-20)28-23-8-7-22(24-11-18(33(36,37)38)12-25(39)40-24)26(35)27(23)41-29(42-28)47-17-32-9-4-10-44(32)14-19(34)13-32/h7-8,11-12,19-21H,4-6,9-10,13-17H2,1-3H3,(H2,39,40)/t19-,20-,21+,32+/m1/s1. The number of fused-ring (bicyclic) bond motifs is 4. The topological polar surface area (TPSA) is 110 Å². The molecule has 15 heteroatoms. The first kappa shape index (κ1) is 32.5. The molecular weight excluding hydrogens is 637 g/mol. The lowest BCUT2D eigenvalue weighted by molar-refractivity contribution is -0.137. The molecule has 6 heterocycles. The van der Waals surface area contributed by atoms with Gasteiger partial charge in [-0.25, -0.2) is 18.6 Å². The van der Waals surface area contributed by atoms with E-state index in [9.17, 15) is 22.4 Å². The number of pyridine rings is 1. The number of hydrogen-bond acceptors (Lipinski definition) is 9. The van der Waals surface area contributed by atoms with Gasteiger partial charge < -0.3 is 20.1 Å². The second-order valence-corrected chi connectivity index (χ2v) is 14.4. The Kier molecular flexibility index (Phi) is 7.83. The Hall–Kier alpha value is -4.01. The summed E-state index contributed by atoms with van der Waals surface area (Å²) in [6.07, 6.45) is -2.65. The summed E-state index contributed by atoms with van der Waals surface area (Å²) >= 11 is 0. The van der Waals surface area contributed by atoms with Crippen LogP contribution < -0.4 is 15.4 Å². The first-order valence-corrected chi connectivity index (χ1v) is 16.2. The molecule has 1 amide bonds. The number of amides is 1. The van der Waals surface area contributed by atoms with Gasteiger partial charge in [0.05, 0.1) is 28.9 Å². The van der Waals surface area contributed by atoms with Crippen molar-refractivity contribution >= 4 is 28.6 Å². The van der Waals surface area contributed by atoms with Crippen LogP contribution in [0.5, 0.6) is 6.01 Å². The molecule has 3 aromatic rings. The molecule has 2 N–H and O–H groups in total. The largest absolute Gasteiger partial charge is 0.461 e. The number of alkyl halides is 4. The Bertz CT molecular complexity index is 1740. The van der Waals surface area contributed by atoms with Crippen LogP contribution in [0.25, 0.3) is 22.2 Å². The van der Waals surface area contributed by atoms with E-state index in [2.05, 4.69) is 14.9 Å². The normalized spacial score (nSPS) is 26.0. The summed E-state index contributed by atoms with van der Waals surface area (Å²) in [4.78, 5) is 32.1. The van der Waals surface area contributed by atoms with E-state index in [1.807, 2.05) is 25.7 Å². The van der Waals surface area contributed by atoms with Gasteiger partial charge in [-0.1, -0.05) is 0 Å². The van der Waals surface area contributed by atoms with Gasteiger partial charge in [-0.15, -0.1) is 0 Å². The fraction of sp³-hybridized carbons (Fsp3) is 0.576. The predicted octanol–water partition coefficient (Wildman–Crippen LogP) is 5.98. The quantitative estimate of drug-likeness (QED) is 0.327. The zero-order chi connectivity index (χ0) is 34.2. The number of benzene rings is 1. The number of anilines is 2. The average molecular weight is 676 g/mol. The summed E-state index contributed by atoms with van der Waals surface area (Å²) in [5.74, 6) is -0.950. The number of carbonyl (C=O) groups excluding carboxylic acids is 1. The van der Waals surface area contributed by atoms with Crippen molar-refractivity contribution in [3.8, 4) is 17.3 Å². The molecule has 4 fully saturated rings. The van der Waals surface area contributed by atoms with Crippen LogP contribution in [0.3, 0.4) is 0 Å². The highest BCUT2D eigenvalue weighted by Gasteiger charge is 2.50. The van der Waals surface area contributed by atoms with Crippen molar-refractivity contribution in [1.29, 1.82) is 0 Å². The summed E-state index contributed by atoms with van der Waals surface area (Å²) in [7, 11) is 0. The first-order valence-electron chi connectivity index (χ1n) is 16.2. The number of nitrogens with zero attached hydrogens (tertiary/aromatic N) is 6. The molecule has 0 spiro atoms. The summed E-state index contributed by atoms with van der Waals surface area (Å²) in [5.41, 5.74) is 2.78. The van der Waals surface area contributed by atoms with Crippen LogP contribution in [0.1, 0.15) is 58.4 Å². The fourth-order valence-electron chi connectivity index (χ4n) is 7.82. The smallest absolute Gasteiger partial charge is 0.416 e. The summed E-state index contributed by atoms with van der Waals surface area (Å²) in [6.45, 7) is 7.39. The molecule has 2 bridgehead atoms. The number of nitrogens with two attached hydrogens (primary N) is 1. The van der Waals surface area contributed by atoms with E-state index < -0.39 is 46.8 Å².